The van der Waals surface area contributed by atoms with Gasteiger partial charge < -0.3 is 30.1 Å². The van der Waals surface area contributed by atoms with E-state index in [2.05, 4.69) is 25.4 Å². The fourth-order valence-corrected chi connectivity index (χ4v) is 6.57. The minimum Gasteiger partial charge on any atom is -0.495 e. The van der Waals surface area contributed by atoms with Crippen LogP contribution in [0.15, 0.2) is 18.3 Å². The molecule has 2 amide bonds. The SMILES string of the molecule is COc1cc(C(=O)NCCN2CCCC2)c(F)cc1Nc1ncc2c(n1)N(C1CCCCC1)CC1(CC1)C(=O)N2C. The minimum absolute atomic E-state index is 0.0741. The lowest BCUT2D eigenvalue weighted by Crippen LogP contribution is -2.43. The molecule has 1 spiro atoms. The largest absolute Gasteiger partial charge is 0.495 e. The van der Waals surface area contributed by atoms with E-state index < -0.39 is 11.7 Å². The van der Waals surface area contributed by atoms with E-state index in [0.717, 1.165) is 64.0 Å². The lowest BCUT2D eigenvalue weighted by molar-refractivity contribution is -0.123. The summed E-state index contributed by atoms with van der Waals surface area (Å²) in [5, 5.41) is 5.94. The van der Waals surface area contributed by atoms with E-state index in [-0.39, 0.29) is 22.8 Å². The van der Waals surface area contributed by atoms with Gasteiger partial charge in [-0.15, -0.1) is 0 Å². The molecule has 1 aromatic heterocycles. The third kappa shape index (κ3) is 5.56. The number of carbonyl (C=O) groups is 2. The van der Waals surface area contributed by atoms with Crippen molar-refractivity contribution >= 4 is 35.0 Å². The average molecular weight is 566 g/mol. The van der Waals surface area contributed by atoms with Crippen molar-refractivity contribution in [2.24, 2.45) is 5.41 Å². The molecule has 4 aliphatic rings. The summed E-state index contributed by atoms with van der Waals surface area (Å²) in [6, 6.07) is 2.97. The van der Waals surface area contributed by atoms with Gasteiger partial charge in [-0.25, -0.2) is 9.37 Å². The van der Waals surface area contributed by atoms with Crippen molar-refractivity contribution in [1.29, 1.82) is 0 Å². The molecule has 2 N–H and O–H groups in total. The van der Waals surface area contributed by atoms with E-state index in [4.69, 9.17) is 9.72 Å². The number of halogens is 1. The van der Waals surface area contributed by atoms with Crippen LogP contribution in [0.2, 0.25) is 0 Å². The third-order valence-electron chi connectivity index (χ3n) is 9.18. The smallest absolute Gasteiger partial charge is 0.254 e. The molecule has 2 aromatic rings. The monoisotopic (exact) mass is 565 g/mol. The number of carbonyl (C=O) groups excluding carboxylic acids is 2. The van der Waals surface area contributed by atoms with Gasteiger partial charge in [-0.2, -0.15) is 4.98 Å². The minimum atomic E-state index is -0.661. The summed E-state index contributed by atoms with van der Waals surface area (Å²) >= 11 is 0. The summed E-state index contributed by atoms with van der Waals surface area (Å²) in [5.41, 5.74) is 0.584. The zero-order valence-corrected chi connectivity index (χ0v) is 24.0. The van der Waals surface area contributed by atoms with E-state index >= 15 is 4.39 Å². The van der Waals surface area contributed by atoms with E-state index in [1.54, 1.807) is 18.1 Å². The van der Waals surface area contributed by atoms with Gasteiger partial charge >= 0.3 is 0 Å². The van der Waals surface area contributed by atoms with Crippen molar-refractivity contribution in [1.82, 2.24) is 20.2 Å². The summed E-state index contributed by atoms with van der Waals surface area (Å²) in [7, 11) is 3.28. The number of aromatic nitrogens is 2. The third-order valence-corrected chi connectivity index (χ3v) is 9.18. The maximum atomic E-state index is 15.2. The van der Waals surface area contributed by atoms with Crippen LogP contribution in [0.5, 0.6) is 5.75 Å². The Labute approximate surface area is 240 Å². The molecular formula is C30H40FN7O3. The zero-order valence-electron chi connectivity index (χ0n) is 24.0. The second kappa shape index (κ2) is 11.4. The summed E-state index contributed by atoms with van der Waals surface area (Å²) in [4.78, 5) is 41.8. The zero-order chi connectivity index (χ0) is 28.6. The van der Waals surface area contributed by atoms with Crippen LogP contribution in [0.3, 0.4) is 0 Å². The molecule has 6 rings (SSSR count). The molecule has 1 saturated heterocycles. The number of anilines is 4. The summed E-state index contributed by atoms with van der Waals surface area (Å²) in [6.07, 6.45) is 11.5. The fourth-order valence-electron chi connectivity index (χ4n) is 6.57. The maximum absolute atomic E-state index is 15.2. The molecule has 1 aromatic carbocycles. The molecule has 0 bridgehead atoms. The van der Waals surface area contributed by atoms with Crippen molar-refractivity contribution < 1.29 is 18.7 Å². The van der Waals surface area contributed by atoms with Gasteiger partial charge in [-0.1, -0.05) is 19.3 Å². The second-order valence-electron chi connectivity index (χ2n) is 11.9. The van der Waals surface area contributed by atoms with Crippen LogP contribution in [-0.4, -0.2) is 79.6 Å². The quantitative estimate of drug-likeness (QED) is 0.494. The van der Waals surface area contributed by atoms with Gasteiger partial charge in [0.25, 0.3) is 5.91 Å². The number of amides is 2. The normalized spacial score (nSPS) is 20.6. The molecule has 0 unspecified atom stereocenters. The lowest BCUT2D eigenvalue weighted by atomic mass is 9.93. The number of hydrogen-bond acceptors (Lipinski definition) is 8. The Bertz CT molecular complexity index is 1310. The molecule has 10 nitrogen and oxygen atoms in total. The Morgan fingerprint density at radius 2 is 1.90 bits per heavy atom. The van der Waals surface area contributed by atoms with Crippen LogP contribution in [-0.2, 0) is 4.79 Å². The second-order valence-corrected chi connectivity index (χ2v) is 11.9. The standard InChI is InChI=1S/C30H40FN7O3/c1-36-24-18-33-29(35-26(24)38(20-8-4-3-5-9-20)19-30(10-11-30)28(36)40)34-23-17-22(31)21(16-25(23)41-2)27(39)32-12-15-37-13-6-7-14-37/h16-18,20H,3-15,19H2,1-2H3,(H,32,39)(H,33,34,35). The highest BCUT2D eigenvalue weighted by molar-refractivity contribution is 6.03. The van der Waals surface area contributed by atoms with Gasteiger partial charge in [0, 0.05) is 38.8 Å². The Kier molecular flexibility index (Phi) is 7.72. The first kappa shape index (κ1) is 27.7. The highest BCUT2D eigenvalue weighted by Gasteiger charge is 2.55. The van der Waals surface area contributed by atoms with Gasteiger partial charge in [0.05, 0.1) is 30.0 Å². The highest BCUT2D eigenvalue weighted by Crippen LogP contribution is 2.52. The number of nitrogens with zero attached hydrogens (tertiary/aromatic N) is 5. The van der Waals surface area contributed by atoms with Gasteiger partial charge in [0.1, 0.15) is 17.3 Å². The van der Waals surface area contributed by atoms with Crippen molar-refractivity contribution in [2.45, 2.75) is 63.8 Å². The Hall–Kier alpha value is -3.47. The maximum Gasteiger partial charge on any atom is 0.254 e. The predicted molar refractivity (Wildman–Crippen MR) is 156 cm³/mol. The number of ether oxygens (including phenoxy) is 1. The van der Waals surface area contributed by atoms with Crippen molar-refractivity contribution in [3.63, 3.8) is 0 Å². The summed E-state index contributed by atoms with van der Waals surface area (Å²) in [5.74, 6) is 0.298. The molecule has 41 heavy (non-hydrogen) atoms. The highest BCUT2D eigenvalue weighted by atomic mass is 19.1. The van der Waals surface area contributed by atoms with Crippen LogP contribution in [0, 0.1) is 11.2 Å². The predicted octanol–water partition coefficient (Wildman–Crippen LogP) is 4.09. The van der Waals surface area contributed by atoms with E-state index in [1.807, 2.05) is 0 Å². The fraction of sp³-hybridized carbons (Fsp3) is 0.600. The van der Waals surface area contributed by atoms with Crippen LogP contribution in [0.25, 0.3) is 0 Å². The number of nitrogens with one attached hydrogen (secondary N) is 2. The topological polar surface area (TPSA) is 103 Å². The number of methoxy groups -OCH3 is 1. The van der Waals surface area contributed by atoms with Gasteiger partial charge in [0.15, 0.2) is 5.82 Å². The number of hydrogen-bond donors (Lipinski definition) is 2. The Balaban J connectivity index is 1.24. The van der Waals surface area contributed by atoms with Gasteiger partial charge in [-0.3, -0.25) is 9.59 Å². The molecule has 2 saturated carbocycles. The van der Waals surface area contributed by atoms with E-state index in [9.17, 15) is 9.59 Å². The van der Waals surface area contributed by atoms with Crippen molar-refractivity contribution in [2.75, 3.05) is 62.0 Å². The number of fused-ring (bicyclic) bond motifs is 1. The number of rotatable bonds is 8. The molecule has 3 fully saturated rings. The Morgan fingerprint density at radius 1 is 1.15 bits per heavy atom. The molecule has 220 valence electrons. The van der Waals surface area contributed by atoms with E-state index in [1.165, 1.54) is 38.5 Å². The van der Waals surface area contributed by atoms with Crippen LogP contribution in [0.4, 0.5) is 27.5 Å². The average Bonchev–Trinajstić information content (AvgIpc) is 3.61. The molecule has 11 heteroatoms. The molecule has 2 aliphatic heterocycles. The number of benzene rings is 1. The molecular weight excluding hydrogens is 525 g/mol. The first-order valence-electron chi connectivity index (χ1n) is 15.0. The first-order chi connectivity index (χ1) is 19.9. The van der Waals surface area contributed by atoms with Gasteiger partial charge in [0.2, 0.25) is 11.9 Å². The van der Waals surface area contributed by atoms with Crippen molar-refractivity contribution in [3.8, 4) is 5.75 Å². The van der Waals surface area contributed by atoms with Crippen LogP contribution in [0.1, 0.15) is 68.1 Å². The molecule has 0 radical (unpaired) electrons. The van der Waals surface area contributed by atoms with Crippen LogP contribution >= 0.6 is 0 Å². The summed E-state index contributed by atoms with van der Waals surface area (Å²) in [6.45, 7) is 3.94. The van der Waals surface area contributed by atoms with E-state index in [0.29, 0.717) is 36.3 Å². The number of likely N-dealkylation sites (tertiary alicyclic amines) is 1. The molecule has 3 heterocycles. The van der Waals surface area contributed by atoms with Crippen LogP contribution < -0.4 is 25.2 Å². The van der Waals surface area contributed by atoms with Gasteiger partial charge in [-0.05, 0) is 57.7 Å². The lowest BCUT2D eigenvalue weighted by Gasteiger charge is -2.36. The van der Waals surface area contributed by atoms with Crippen molar-refractivity contribution in [3.05, 3.63) is 29.7 Å². The summed E-state index contributed by atoms with van der Waals surface area (Å²) < 4.78 is 20.7. The first-order valence-corrected chi connectivity index (χ1v) is 15.0. The molecule has 0 atom stereocenters. The Morgan fingerprint density at radius 3 is 2.61 bits per heavy atom. The molecule has 2 aliphatic carbocycles.